The second kappa shape index (κ2) is 12.2. The Kier molecular flexibility index (Phi) is 6.67. The molecule has 13 aromatic rings. The molecule has 6 heteroatoms. The van der Waals surface area contributed by atoms with Crippen LogP contribution in [-0.4, -0.2) is 13.7 Å². The lowest BCUT2D eigenvalue weighted by Gasteiger charge is -2.16. The predicted octanol–water partition coefficient (Wildman–Crippen LogP) is 14.2. The summed E-state index contributed by atoms with van der Waals surface area (Å²) < 4.78 is 9.13. The van der Waals surface area contributed by atoms with Gasteiger partial charge in [-0.2, -0.15) is 10.5 Å². The fourth-order valence-electron chi connectivity index (χ4n) is 9.95. The molecule has 5 nitrogen and oxygen atoms in total. The van der Waals surface area contributed by atoms with E-state index < -0.39 is 0 Å². The molecule has 0 spiro atoms. The molecule has 0 fully saturated rings. The van der Waals surface area contributed by atoms with Crippen LogP contribution in [0.3, 0.4) is 0 Å². The van der Waals surface area contributed by atoms with E-state index in [4.69, 9.17) is 0 Å². The first kappa shape index (κ1) is 32.9. The van der Waals surface area contributed by atoms with Gasteiger partial charge >= 0.3 is 0 Å². The highest BCUT2D eigenvalue weighted by atomic mass is 32.1. The number of thiophene rings is 1. The van der Waals surface area contributed by atoms with Crippen molar-refractivity contribution in [1.29, 1.82) is 10.5 Å². The first-order valence-electron chi connectivity index (χ1n) is 20.0. The fourth-order valence-corrected chi connectivity index (χ4v) is 11.1. The average molecular weight is 780 g/mol. The van der Waals surface area contributed by atoms with Gasteiger partial charge in [0.2, 0.25) is 0 Å². The maximum absolute atomic E-state index is 11.1. The maximum atomic E-state index is 11.1. The fraction of sp³-hybridized carbons (Fsp3) is 0. The highest BCUT2D eigenvalue weighted by Gasteiger charge is 2.23. The van der Waals surface area contributed by atoms with Crippen molar-refractivity contribution in [2.75, 3.05) is 0 Å². The lowest BCUT2D eigenvalue weighted by atomic mass is 10.0. The molecular formula is C54H29N5S. The lowest BCUT2D eigenvalue weighted by Crippen LogP contribution is -2.04. The lowest BCUT2D eigenvalue weighted by molar-refractivity contribution is 1.12. The van der Waals surface area contributed by atoms with Gasteiger partial charge in [-0.1, -0.05) is 103 Å². The van der Waals surface area contributed by atoms with Gasteiger partial charge in [-0.15, -0.1) is 11.3 Å². The number of rotatable bonds is 3. The summed E-state index contributed by atoms with van der Waals surface area (Å²) in [6.45, 7) is 0. The third-order valence-electron chi connectivity index (χ3n) is 12.5. The normalized spacial score (nSPS) is 12.0. The third kappa shape index (κ3) is 4.38. The number of benzene rings is 9. The Balaban J connectivity index is 1.10. The molecule has 0 aliphatic heterocycles. The number of aromatic nitrogens is 3. The Labute approximate surface area is 346 Å². The molecule has 13 rings (SSSR count). The first-order valence-corrected chi connectivity index (χ1v) is 20.8. The van der Waals surface area contributed by atoms with Crippen LogP contribution < -0.4 is 0 Å². The van der Waals surface area contributed by atoms with Gasteiger partial charge in [0.15, 0.2) is 0 Å². The van der Waals surface area contributed by atoms with Gasteiger partial charge in [-0.25, -0.2) is 0 Å². The number of nitrogens with zero attached hydrogens (tertiary/aromatic N) is 5. The van der Waals surface area contributed by atoms with E-state index in [9.17, 15) is 10.5 Å². The molecule has 0 radical (unpaired) electrons. The van der Waals surface area contributed by atoms with Crippen LogP contribution in [0.15, 0.2) is 176 Å². The van der Waals surface area contributed by atoms with Crippen LogP contribution in [0.2, 0.25) is 0 Å². The number of hydrogen-bond donors (Lipinski definition) is 0. The summed E-state index contributed by atoms with van der Waals surface area (Å²) in [5.74, 6) is 0. The zero-order valence-corrected chi connectivity index (χ0v) is 32.7. The maximum Gasteiger partial charge on any atom is 0.101 e. The third-order valence-corrected chi connectivity index (χ3v) is 13.6. The van der Waals surface area contributed by atoms with Gasteiger partial charge in [-0.05, 0) is 83.6 Å². The largest absolute Gasteiger partial charge is 0.309 e. The topological polar surface area (TPSA) is 62.4 Å². The summed E-state index contributed by atoms with van der Waals surface area (Å²) >= 11 is 1.78. The van der Waals surface area contributed by atoms with Crippen LogP contribution in [-0.2, 0) is 0 Å². The second-order valence-corrected chi connectivity index (χ2v) is 16.6. The smallest absolute Gasteiger partial charge is 0.101 e. The number of nitriles is 2. The Hall–Kier alpha value is -8.16. The summed E-state index contributed by atoms with van der Waals surface area (Å²) in [5, 5.41) is 33.7. The summed E-state index contributed by atoms with van der Waals surface area (Å²) in [6.07, 6.45) is 0. The SMILES string of the molecule is N#Cc1cc(-n2c3ccc(-n4c5ccccc5c5ccccc54)cc3c3c4ccccc4ccc32)c(C#N)cc1-n1c2ccccc2c2cc3c(cc21)sc1ccccc13. The highest BCUT2D eigenvalue weighted by molar-refractivity contribution is 7.25. The van der Waals surface area contributed by atoms with Gasteiger partial charge in [0, 0.05) is 58.2 Å². The summed E-state index contributed by atoms with van der Waals surface area (Å²) in [4.78, 5) is 0. The van der Waals surface area contributed by atoms with Crippen LogP contribution in [0.25, 0.3) is 113 Å². The van der Waals surface area contributed by atoms with Gasteiger partial charge in [0.05, 0.1) is 55.6 Å². The van der Waals surface area contributed by atoms with Crippen LogP contribution in [0, 0.1) is 22.7 Å². The Bertz CT molecular complexity index is 4050. The minimum Gasteiger partial charge on any atom is -0.309 e. The van der Waals surface area contributed by atoms with Crippen molar-refractivity contribution < 1.29 is 0 Å². The molecule has 9 aromatic carbocycles. The van der Waals surface area contributed by atoms with E-state index in [0.717, 1.165) is 71.1 Å². The molecule has 0 bridgehead atoms. The van der Waals surface area contributed by atoms with E-state index in [2.05, 4.69) is 184 Å². The molecule has 0 saturated carbocycles. The van der Waals surface area contributed by atoms with Crippen LogP contribution >= 0.6 is 11.3 Å². The summed E-state index contributed by atoms with van der Waals surface area (Å²) in [6, 6.07) is 67.0. The van der Waals surface area contributed by atoms with Crippen LogP contribution in [0.5, 0.6) is 0 Å². The highest BCUT2D eigenvalue weighted by Crippen LogP contribution is 2.44. The van der Waals surface area contributed by atoms with Gasteiger partial charge in [-0.3, -0.25) is 0 Å². The van der Waals surface area contributed by atoms with E-state index in [-0.39, 0.29) is 0 Å². The van der Waals surface area contributed by atoms with Gasteiger partial charge in [0.25, 0.3) is 0 Å². The molecule has 4 aromatic heterocycles. The van der Waals surface area contributed by atoms with E-state index in [0.29, 0.717) is 22.5 Å². The quantitative estimate of drug-likeness (QED) is 0.179. The second-order valence-electron chi connectivity index (χ2n) is 15.5. The molecule has 0 N–H and O–H groups in total. The van der Waals surface area contributed by atoms with E-state index in [1.54, 1.807) is 11.3 Å². The molecule has 0 aliphatic carbocycles. The molecule has 4 heterocycles. The summed E-state index contributed by atoms with van der Waals surface area (Å²) in [7, 11) is 0. The molecule has 0 unspecified atom stereocenters. The number of hydrogen-bond acceptors (Lipinski definition) is 3. The zero-order chi connectivity index (χ0) is 39.6. The van der Waals surface area contributed by atoms with Crippen LogP contribution in [0.1, 0.15) is 11.1 Å². The van der Waals surface area contributed by atoms with E-state index in [1.807, 2.05) is 18.2 Å². The van der Waals surface area contributed by atoms with Gasteiger partial charge in [0.1, 0.15) is 12.1 Å². The molecule has 276 valence electrons. The first-order chi connectivity index (χ1) is 29.7. The van der Waals surface area contributed by atoms with Crippen molar-refractivity contribution in [2.45, 2.75) is 0 Å². The Morgan fingerprint density at radius 3 is 1.57 bits per heavy atom. The van der Waals surface area contributed by atoms with Crippen molar-refractivity contribution in [2.24, 2.45) is 0 Å². The molecule has 60 heavy (non-hydrogen) atoms. The van der Waals surface area contributed by atoms with Crippen molar-refractivity contribution >= 4 is 108 Å². The van der Waals surface area contributed by atoms with E-state index in [1.165, 1.54) is 30.9 Å². The minimum absolute atomic E-state index is 0.483. The van der Waals surface area contributed by atoms with Crippen molar-refractivity contribution in [3.63, 3.8) is 0 Å². The molecule has 0 saturated heterocycles. The minimum atomic E-state index is 0.483. The average Bonchev–Trinajstić information content (AvgIpc) is 4.03. The van der Waals surface area contributed by atoms with E-state index >= 15 is 0 Å². The number of fused-ring (bicyclic) bond motifs is 14. The monoisotopic (exact) mass is 779 g/mol. The van der Waals surface area contributed by atoms with Crippen molar-refractivity contribution in [1.82, 2.24) is 13.7 Å². The van der Waals surface area contributed by atoms with Crippen molar-refractivity contribution in [3.05, 3.63) is 187 Å². The number of para-hydroxylation sites is 3. The standard InChI is InChI=1S/C54H29N5S/c55-30-33-26-50(59-46-19-9-5-15-39(46)41-28-42-40-16-6-10-20-52(40)60-53(42)29-51(41)59)34(31-56)25-49(33)58-47-24-22-35(27-43(47)54-36-12-2-1-11-32(36)21-23-48(54)58)57-44-17-7-3-13-37(44)38-14-4-8-18-45(38)57/h1-29H. The Morgan fingerprint density at radius 2 is 0.883 bits per heavy atom. The molecule has 0 amide bonds. The molecule has 0 aliphatic rings. The predicted molar refractivity (Wildman–Crippen MR) is 249 cm³/mol. The van der Waals surface area contributed by atoms with Crippen molar-refractivity contribution in [3.8, 4) is 29.2 Å². The zero-order valence-electron chi connectivity index (χ0n) is 31.9. The van der Waals surface area contributed by atoms with Gasteiger partial charge < -0.3 is 13.7 Å². The molecular weight excluding hydrogens is 751 g/mol. The Morgan fingerprint density at radius 1 is 0.350 bits per heavy atom. The van der Waals surface area contributed by atoms with Crippen LogP contribution in [0.4, 0.5) is 0 Å². The summed E-state index contributed by atoms with van der Waals surface area (Å²) in [5.41, 5.74) is 9.60. The molecule has 0 atom stereocenters.